The summed E-state index contributed by atoms with van der Waals surface area (Å²) in [5, 5.41) is 0.657. The van der Waals surface area contributed by atoms with E-state index in [9.17, 15) is 17.6 Å². The maximum Gasteiger partial charge on any atom is 0.416 e. The molecule has 0 heterocycles. The Balaban J connectivity index is 2.28. The maximum atomic E-state index is 13.8. The molecule has 1 saturated carbocycles. The fourth-order valence-corrected chi connectivity index (χ4v) is 2.28. The van der Waals surface area contributed by atoms with E-state index in [1.165, 1.54) is 6.07 Å². The van der Waals surface area contributed by atoms with Crippen LogP contribution in [-0.4, -0.2) is 17.9 Å². The molecule has 0 aliphatic heterocycles. The van der Waals surface area contributed by atoms with Crippen LogP contribution in [0.4, 0.5) is 23.2 Å². The van der Waals surface area contributed by atoms with Crippen LogP contribution in [0.3, 0.4) is 0 Å². The molecular weight excluding hydrogens is 314 g/mol. The lowest BCUT2D eigenvalue weighted by Crippen LogP contribution is -2.28. The van der Waals surface area contributed by atoms with Crippen LogP contribution >= 0.6 is 15.9 Å². The third kappa shape index (κ3) is 2.96. The Kier molecular flexibility index (Phi) is 3.84. The Morgan fingerprint density at radius 1 is 1.28 bits per heavy atom. The van der Waals surface area contributed by atoms with Crippen molar-refractivity contribution >= 4 is 21.6 Å². The lowest BCUT2D eigenvalue weighted by Gasteiger charge is -2.24. The number of alkyl halides is 4. The van der Waals surface area contributed by atoms with Crippen LogP contribution in [0.2, 0.25) is 0 Å². The van der Waals surface area contributed by atoms with Crippen molar-refractivity contribution in [2.24, 2.45) is 0 Å². The molecule has 6 heteroatoms. The quantitative estimate of drug-likeness (QED) is 0.592. The van der Waals surface area contributed by atoms with Gasteiger partial charge < -0.3 is 4.90 Å². The molecule has 0 atom stereocenters. The summed E-state index contributed by atoms with van der Waals surface area (Å²) >= 11 is 3.27. The average molecular weight is 326 g/mol. The molecule has 0 spiro atoms. The van der Waals surface area contributed by atoms with Crippen molar-refractivity contribution in [2.75, 3.05) is 16.8 Å². The van der Waals surface area contributed by atoms with Gasteiger partial charge in [0, 0.05) is 17.9 Å². The van der Waals surface area contributed by atoms with Crippen molar-refractivity contribution in [3.63, 3.8) is 0 Å². The van der Waals surface area contributed by atoms with E-state index in [1.807, 2.05) is 4.90 Å². The number of benzene rings is 1. The number of nitrogens with zero attached hydrogens (tertiary/aromatic N) is 1. The topological polar surface area (TPSA) is 3.24 Å². The number of hydrogen-bond donors (Lipinski definition) is 0. The monoisotopic (exact) mass is 325 g/mol. The molecule has 2 rings (SSSR count). The minimum absolute atomic E-state index is 0.255. The Labute approximate surface area is 111 Å². The Morgan fingerprint density at radius 3 is 2.39 bits per heavy atom. The predicted molar refractivity (Wildman–Crippen MR) is 65.6 cm³/mol. The molecule has 0 amide bonds. The number of anilines is 1. The highest BCUT2D eigenvalue weighted by molar-refractivity contribution is 9.09. The molecule has 0 N–H and O–H groups in total. The molecular formula is C12H12BrF4N. The average Bonchev–Trinajstić information content (AvgIpc) is 3.09. The van der Waals surface area contributed by atoms with E-state index in [-0.39, 0.29) is 11.7 Å². The Hall–Kier alpha value is -0.780. The molecule has 1 fully saturated rings. The van der Waals surface area contributed by atoms with Gasteiger partial charge in [0.1, 0.15) is 5.82 Å². The van der Waals surface area contributed by atoms with Gasteiger partial charge in [-0.05, 0) is 31.0 Å². The largest absolute Gasteiger partial charge is 0.416 e. The van der Waals surface area contributed by atoms with Gasteiger partial charge >= 0.3 is 6.18 Å². The number of rotatable bonds is 4. The predicted octanol–water partition coefficient (Wildman–Crippen LogP) is 4.21. The molecule has 100 valence electrons. The lowest BCUT2D eigenvalue weighted by atomic mass is 10.1. The first-order chi connectivity index (χ1) is 8.43. The first kappa shape index (κ1) is 13.6. The zero-order valence-corrected chi connectivity index (χ0v) is 11.1. The van der Waals surface area contributed by atoms with Crippen molar-refractivity contribution < 1.29 is 17.6 Å². The molecule has 1 aromatic rings. The molecule has 0 radical (unpaired) electrons. The van der Waals surface area contributed by atoms with Gasteiger partial charge in [-0.1, -0.05) is 15.9 Å². The van der Waals surface area contributed by atoms with E-state index >= 15 is 0 Å². The van der Waals surface area contributed by atoms with Gasteiger partial charge in [-0.15, -0.1) is 0 Å². The van der Waals surface area contributed by atoms with E-state index < -0.39 is 17.6 Å². The summed E-state index contributed by atoms with van der Waals surface area (Å²) in [4.78, 5) is 1.82. The van der Waals surface area contributed by atoms with Gasteiger partial charge in [0.25, 0.3) is 0 Å². The second-order valence-corrected chi connectivity index (χ2v) is 5.07. The molecule has 0 bridgehead atoms. The van der Waals surface area contributed by atoms with Crippen LogP contribution in [0.15, 0.2) is 18.2 Å². The van der Waals surface area contributed by atoms with Gasteiger partial charge in [0.2, 0.25) is 0 Å². The Bertz CT molecular complexity index is 429. The van der Waals surface area contributed by atoms with Crippen LogP contribution < -0.4 is 4.90 Å². The fraction of sp³-hybridized carbons (Fsp3) is 0.500. The molecule has 0 saturated heterocycles. The van der Waals surface area contributed by atoms with Crippen molar-refractivity contribution in [1.29, 1.82) is 0 Å². The normalized spacial score (nSPS) is 15.8. The van der Waals surface area contributed by atoms with Crippen molar-refractivity contribution in [1.82, 2.24) is 0 Å². The van der Waals surface area contributed by atoms with E-state index in [2.05, 4.69) is 15.9 Å². The van der Waals surface area contributed by atoms with E-state index in [0.29, 0.717) is 17.9 Å². The van der Waals surface area contributed by atoms with Crippen molar-refractivity contribution in [3.05, 3.63) is 29.6 Å². The standard InChI is InChI=1S/C12H12BrF4N/c13-5-6-18(9-2-3-9)11-4-1-8(7-10(11)14)12(15,16)17/h1,4,7,9H,2-3,5-6H2. The zero-order valence-electron chi connectivity index (χ0n) is 9.47. The van der Waals surface area contributed by atoms with Gasteiger partial charge in [0.05, 0.1) is 11.3 Å². The van der Waals surface area contributed by atoms with Gasteiger partial charge in [-0.2, -0.15) is 13.2 Å². The third-order valence-electron chi connectivity index (χ3n) is 2.90. The fourth-order valence-electron chi connectivity index (χ4n) is 1.89. The smallest absolute Gasteiger partial charge is 0.365 e. The lowest BCUT2D eigenvalue weighted by molar-refractivity contribution is -0.137. The first-order valence-corrected chi connectivity index (χ1v) is 6.75. The summed E-state index contributed by atoms with van der Waals surface area (Å²) in [6.45, 7) is 0.590. The molecule has 1 nitrogen and oxygen atoms in total. The van der Waals surface area contributed by atoms with Crippen LogP contribution in [0.5, 0.6) is 0 Å². The van der Waals surface area contributed by atoms with Gasteiger partial charge in [-0.25, -0.2) is 4.39 Å². The first-order valence-electron chi connectivity index (χ1n) is 5.63. The van der Waals surface area contributed by atoms with Crippen LogP contribution in [0.25, 0.3) is 0 Å². The summed E-state index contributed by atoms with van der Waals surface area (Å²) in [5.41, 5.74) is -0.691. The van der Waals surface area contributed by atoms with Gasteiger partial charge in [-0.3, -0.25) is 0 Å². The minimum atomic E-state index is -4.50. The third-order valence-corrected chi connectivity index (χ3v) is 3.25. The zero-order chi connectivity index (χ0) is 13.3. The van der Waals surface area contributed by atoms with Gasteiger partial charge in [0.15, 0.2) is 0 Å². The summed E-state index contributed by atoms with van der Waals surface area (Å²) in [6.07, 6.45) is -2.57. The molecule has 1 aliphatic rings. The van der Waals surface area contributed by atoms with E-state index in [1.54, 1.807) is 0 Å². The maximum absolute atomic E-state index is 13.8. The van der Waals surface area contributed by atoms with E-state index in [4.69, 9.17) is 0 Å². The number of halogens is 5. The number of hydrogen-bond acceptors (Lipinski definition) is 1. The highest BCUT2D eigenvalue weighted by Crippen LogP contribution is 2.36. The summed E-state index contributed by atoms with van der Waals surface area (Å²) in [6, 6.07) is 2.98. The van der Waals surface area contributed by atoms with Crippen molar-refractivity contribution in [3.8, 4) is 0 Å². The van der Waals surface area contributed by atoms with Crippen LogP contribution in [-0.2, 0) is 6.18 Å². The van der Waals surface area contributed by atoms with Crippen molar-refractivity contribution in [2.45, 2.75) is 25.1 Å². The van der Waals surface area contributed by atoms with Crippen LogP contribution in [0.1, 0.15) is 18.4 Å². The molecule has 0 unspecified atom stereocenters. The SMILES string of the molecule is Fc1cc(C(F)(F)F)ccc1N(CCBr)C1CC1. The van der Waals surface area contributed by atoms with Crippen LogP contribution in [0, 0.1) is 5.82 Å². The second-order valence-electron chi connectivity index (χ2n) is 4.28. The second kappa shape index (κ2) is 5.07. The van der Waals surface area contributed by atoms with E-state index in [0.717, 1.165) is 18.9 Å². The molecule has 18 heavy (non-hydrogen) atoms. The summed E-state index contributed by atoms with van der Waals surface area (Å²) < 4.78 is 51.1. The minimum Gasteiger partial charge on any atom is -0.365 e. The highest BCUT2D eigenvalue weighted by atomic mass is 79.9. The molecule has 0 aromatic heterocycles. The Morgan fingerprint density at radius 2 is 1.94 bits per heavy atom. The summed E-state index contributed by atoms with van der Waals surface area (Å²) in [7, 11) is 0. The molecule has 1 aliphatic carbocycles. The molecule has 1 aromatic carbocycles. The summed E-state index contributed by atoms with van der Waals surface area (Å²) in [5.74, 6) is -0.808. The highest BCUT2D eigenvalue weighted by Gasteiger charge is 2.34.